The third kappa shape index (κ3) is 2.49. The number of anilines is 2. The van der Waals surface area contributed by atoms with Crippen LogP contribution in [0.5, 0.6) is 0 Å². The summed E-state index contributed by atoms with van der Waals surface area (Å²) in [7, 11) is 0. The zero-order valence-corrected chi connectivity index (χ0v) is 11.3. The highest BCUT2D eigenvalue weighted by Crippen LogP contribution is 2.37. The first-order valence-electron chi connectivity index (χ1n) is 5.73. The van der Waals surface area contributed by atoms with Gasteiger partial charge in [-0.3, -0.25) is 0 Å². The fourth-order valence-corrected chi connectivity index (χ4v) is 1.87. The lowest BCUT2D eigenvalue weighted by molar-refractivity contribution is 0.531. The van der Waals surface area contributed by atoms with Gasteiger partial charge in [0.05, 0.1) is 11.4 Å². The van der Waals surface area contributed by atoms with Crippen molar-refractivity contribution in [2.75, 3.05) is 11.5 Å². The molecule has 0 aliphatic rings. The molecular weight excluding hydrogens is 196 g/mol. The van der Waals surface area contributed by atoms with Crippen molar-refractivity contribution < 1.29 is 0 Å². The summed E-state index contributed by atoms with van der Waals surface area (Å²) in [4.78, 5) is 0. The first-order valence-corrected chi connectivity index (χ1v) is 5.73. The van der Waals surface area contributed by atoms with E-state index in [2.05, 4.69) is 41.5 Å². The molecule has 0 heterocycles. The van der Waals surface area contributed by atoms with Crippen LogP contribution in [0.2, 0.25) is 0 Å². The zero-order chi connectivity index (χ0) is 12.7. The molecule has 2 heteroatoms. The smallest absolute Gasteiger partial charge is 0.0550 e. The second kappa shape index (κ2) is 3.69. The first-order chi connectivity index (χ1) is 7.03. The molecule has 0 unspecified atom stereocenters. The number of hydrogen-bond acceptors (Lipinski definition) is 2. The highest BCUT2D eigenvalue weighted by atomic mass is 14.7. The van der Waals surface area contributed by atoms with Gasteiger partial charge in [-0.15, -0.1) is 0 Å². The molecule has 0 amide bonds. The highest BCUT2D eigenvalue weighted by molar-refractivity contribution is 5.67. The Morgan fingerprint density at radius 3 is 1.12 bits per heavy atom. The first kappa shape index (κ1) is 12.9. The average molecular weight is 220 g/mol. The predicted octanol–water partition coefficient (Wildman–Crippen LogP) is 3.45. The van der Waals surface area contributed by atoms with Gasteiger partial charge in [0.2, 0.25) is 0 Å². The fourth-order valence-electron chi connectivity index (χ4n) is 1.87. The van der Waals surface area contributed by atoms with Gasteiger partial charge in [-0.25, -0.2) is 0 Å². The molecule has 1 aromatic carbocycles. The van der Waals surface area contributed by atoms with Gasteiger partial charge in [-0.1, -0.05) is 41.5 Å². The van der Waals surface area contributed by atoms with E-state index in [-0.39, 0.29) is 10.8 Å². The number of benzene rings is 1. The minimum Gasteiger partial charge on any atom is -0.397 e. The van der Waals surface area contributed by atoms with E-state index in [1.54, 1.807) is 0 Å². The van der Waals surface area contributed by atoms with Gasteiger partial charge >= 0.3 is 0 Å². The summed E-state index contributed by atoms with van der Waals surface area (Å²) in [6.45, 7) is 13.2. The molecule has 0 saturated carbocycles. The Labute approximate surface area is 99.0 Å². The molecule has 0 aromatic heterocycles. The Hall–Kier alpha value is -1.18. The van der Waals surface area contributed by atoms with Crippen LogP contribution in [0.1, 0.15) is 52.7 Å². The maximum Gasteiger partial charge on any atom is 0.0550 e. The number of nitrogens with two attached hydrogens (primary N) is 2. The van der Waals surface area contributed by atoms with Crippen LogP contribution in [0, 0.1) is 0 Å². The molecule has 1 aromatic rings. The Balaban J connectivity index is 3.53. The Morgan fingerprint density at radius 2 is 0.938 bits per heavy atom. The molecule has 16 heavy (non-hydrogen) atoms. The van der Waals surface area contributed by atoms with Crippen molar-refractivity contribution in [3.05, 3.63) is 23.3 Å². The Morgan fingerprint density at radius 1 is 0.688 bits per heavy atom. The third-order valence-electron chi connectivity index (χ3n) is 2.84. The molecule has 2 nitrogen and oxygen atoms in total. The van der Waals surface area contributed by atoms with E-state index < -0.39 is 0 Å². The minimum absolute atomic E-state index is 0.0877. The normalized spacial score (nSPS) is 12.9. The van der Waals surface area contributed by atoms with Crippen LogP contribution >= 0.6 is 0 Å². The largest absolute Gasteiger partial charge is 0.397 e. The predicted molar refractivity (Wildman–Crippen MR) is 72.7 cm³/mol. The van der Waals surface area contributed by atoms with Crippen LogP contribution in [0.15, 0.2) is 12.1 Å². The summed E-state index contributed by atoms with van der Waals surface area (Å²) in [6, 6.07) is 4.05. The monoisotopic (exact) mass is 220 g/mol. The van der Waals surface area contributed by atoms with Crippen molar-refractivity contribution in [3.63, 3.8) is 0 Å². The van der Waals surface area contributed by atoms with Gasteiger partial charge < -0.3 is 11.5 Å². The molecular formula is C14H24N2. The van der Waals surface area contributed by atoms with Gasteiger partial charge in [0.25, 0.3) is 0 Å². The highest BCUT2D eigenvalue weighted by Gasteiger charge is 2.25. The molecule has 1 rings (SSSR count). The van der Waals surface area contributed by atoms with Crippen molar-refractivity contribution in [2.45, 2.75) is 52.4 Å². The fraction of sp³-hybridized carbons (Fsp3) is 0.571. The lowest BCUT2D eigenvalue weighted by Gasteiger charge is -2.30. The van der Waals surface area contributed by atoms with Crippen LogP contribution < -0.4 is 11.5 Å². The molecule has 0 bridgehead atoms. The van der Waals surface area contributed by atoms with Crippen molar-refractivity contribution >= 4 is 11.4 Å². The van der Waals surface area contributed by atoms with Crippen LogP contribution in [0.4, 0.5) is 11.4 Å². The van der Waals surface area contributed by atoms with Gasteiger partial charge in [-0.05, 0) is 34.1 Å². The van der Waals surface area contributed by atoms with Crippen LogP contribution in [-0.2, 0) is 10.8 Å². The lowest BCUT2D eigenvalue weighted by Crippen LogP contribution is -2.22. The molecule has 0 aliphatic heterocycles. The standard InChI is InChI=1S/C14H24N2/c1-13(2,3)9-7-11(15)12(16)8-10(9)14(4,5)6/h7-8H,15-16H2,1-6H3. The maximum atomic E-state index is 5.90. The second-order valence-electron chi connectivity index (χ2n) is 6.53. The zero-order valence-electron chi connectivity index (χ0n) is 11.3. The summed E-state index contributed by atoms with van der Waals surface area (Å²) < 4.78 is 0. The van der Waals surface area contributed by atoms with Crippen molar-refractivity contribution in [3.8, 4) is 0 Å². The van der Waals surface area contributed by atoms with Gasteiger partial charge in [-0.2, -0.15) is 0 Å². The number of hydrogen-bond donors (Lipinski definition) is 2. The summed E-state index contributed by atoms with van der Waals surface area (Å²) in [5.74, 6) is 0. The van der Waals surface area contributed by atoms with Crippen molar-refractivity contribution in [1.82, 2.24) is 0 Å². The molecule has 90 valence electrons. The Kier molecular flexibility index (Phi) is 2.97. The van der Waals surface area contributed by atoms with Crippen LogP contribution in [-0.4, -0.2) is 0 Å². The van der Waals surface area contributed by atoms with E-state index in [1.807, 2.05) is 12.1 Å². The quantitative estimate of drug-likeness (QED) is 0.658. The van der Waals surface area contributed by atoms with E-state index in [0.29, 0.717) is 11.4 Å². The van der Waals surface area contributed by atoms with Gasteiger partial charge in [0.15, 0.2) is 0 Å². The van der Waals surface area contributed by atoms with Crippen molar-refractivity contribution in [2.24, 2.45) is 0 Å². The molecule has 0 fully saturated rings. The SMILES string of the molecule is CC(C)(C)c1cc(N)c(N)cc1C(C)(C)C. The number of rotatable bonds is 0. The van der Waals surface area contributed by atoms with E-state index in [0.717, 1.165) is 0 Å². The van der Waals surface area contributed by atoms with Crippen LogP contribution in [0.3, 0.4) is 0 Å². The molecule has 0 spiro atoms. The summed E-state index contributed by atoms with van der Waals surface area (Å²) in [5, 5.41) is 0. The van der Waals surface area contributed by atoms with Crippen LogP contribution in [0.25, 0.3) is 0 Å². The summed E-state index contributed by atoms with van der Waals surface area (Å²) in [5.41, 5.74) is 15.9. The van der Waals surface area contributed by atoms with E-state index in [1.165, 1.54) is 11.1 Å². The van der Waals surface area contributed by atoms with E-state index >= 15 is 0 Å². The molecule has 0 atom stereocenters. The molecule has 4 N–H and O–H groups in total. The summed E-state index contributed by atoms with van der Waals surface area (Å²) >= 11 is 0. The molecule has 0 aliphatic carbocycles. The van der Waals surface area contributed by atoms with E-state index in [9.17, 15) is 0 Å². The second-order valence-corrected chi connectivity index (χ2v) is 6.53. The topological polar surface area (TPSA) is 52.0 Å². The molecule has 0 saturated heterocycles. The lowest BCUT2D eigenvalue weighted by atomic mass is 9.75. The minimum atomic E-state index is 0.0877. The number of nitrogen functional groups attached to an aromatic ring is 2. The maximum absolute atomic E-state index is 5.90. The van der Waals surface area contributed by atoms with Gasteiger partial charge in [0.1, 0.15) is 0 Å². The molecule has 0 radical (unpaired) electrons. The van der Waals surface area contributed by atoms with E-state index in [4.69, 9.17) is 11.5 Å². The summed E-state index contributed by atoms with van der Waals surface area (Å²) in [6.07, 6.45) is 0. The Bertz CT molecular complexity index is 353. The third-order valence-corrected chi connectivity index (χ3v) is 2.84. The average Bonchev–Trinajstić information content (AvgIpc) is 2.05. The van der Waals surface area contributed by atoms with Gasteiger partial charge in [0, 0.05) is 0 Å². The van der Waals surface area contributed by atoms with Crippen molar-refractivity contribution in [1.29, 1.82) is 0 Å².